The van der Waals surface area contributed by atoms with Crippen LogP contribution in [0.5, 0.6) is 0 Å². The van der Waals surface area contributed by atoms with E-state index in [4.69, 9.17) is 4.74 Å². The smallest absolute Gasteiger partial charge is 0.211 e. The molecule has 1 N–H and O–H groups in total. The largest absolute Gasteiger partial charge is 0.393 e. The zero-order valence-electron chi connectivity index (χ0n) is 13.0. The number of piperidine rings is 1. The maximum absolute atomic E-state index is 11.6. The molecule has 0 aliphatic carbocycles. The molecule has 0 aromatic carbocycles. The maximum atomic E-state index is 11.6. The van der Waals surface area contributed by atoms with E-state index in [1.807, 2.05) is 0 Å². The second kappa shape index (κ2) is 7.90. The molecule has 2 fully saturated rings. The number of aliphatic hydroxyl groups is 1. The molecule has 0 aromatic heterocycles. The topological polar surface area (TPSA) is 66.8 Å². The predicted molar refractivity (Wildman–Crippen MR) is 82.6 cm³/mol. The van der Waals surface area contributed by atoms with Gasteiger partial charge in [-0.25, -0.2) is 12.7 Å². The van der Waals surface area contributed by atoms with Crippen molar-refractivity contribution in [1.82, 2.24) is 4.31 Å². The summed E-state index contributed by atoms with van der Waals surface area (Å²) in [6, 6.07) is 0. The third kappa shape index (κ3) is 5.85. The van der Waals surface area contributed by atoms with Gasteiger partial charge in [-0.1, -0.05) is 0 Å². The zero-order valence-corrected chi connectivity index (χ0v) is 13.9. The van der Waals surface area contributed by atoms with E-state index in [0.717, 1.165) is 45.1 Å². The Morgan fingerprint density at radius 3 is 2.76 bits per heavy atom. The molecule has 2 heterocycles. The summed E-state index contributed by atoms with van der Waals surface area (Å²) in [6.45, 7) is 2.05. The fraction of sp³-hybridized carbons (Fsp3) is 1.00. The van der Waals surface area contributed by atoms with Crippen LogP contribution in [-0.4, -0.2) is 56.0 Å². The summed E-state index contributed by atoms with van der Waals surface area (Å²) in [5.41, 5.74) is 0. The number of hydrogen-bond donors (Lipinski definition) is 1. The summed E-state index contributed by atoms with van der Waals surface area (Å²) < 4.78 is 30.4. The van der Waals surface area contributed by atoms with E-state index in [1.165, 1.54) is 12.7 Å². The molecular formula is C15H29NO4S. The number of aliphatic hydroxyl groups excluding tert-OH is 1. The molecular weight excluding hydrogens is 290 g/mol. The summed E-state index contributed by atoms with van der Waals surface area (Å²) in [6.07, 6.45) is 9.05. The molecule has 124 valence electrons. The maximum Gasteiger partial charge on any atom is 0.211 e. The molecule has 2 aliphatic rings. The van der Waals surface area contributed by atoms with Crippen molar-refractivity contribution >= 4 is 10.0 Å². The number of sulfonamides is 1. The lowest BCUT2D eigenvalue weighted by molar-refractivity contribution is -0.0000880. The van der Waals surface area contributed by atoms with Gasteiger partial charge in [0.05, 0.1) is 18.5 Å². The Morgan fingerprint density at radius 1 is 1.29 bits per heavy atom. The Bertz CT molecular complexity index is 406. The number of ether oxygens (including phenoxy) is 1. The number of hydrogen-bond acceptors (Lipinski definition) is 4. The number of rotatable bonds is 6. The van der Waals surface area contributed by atoms with E-state index in [1.54, 1.807) is 4.31 Å². The Balaban J connectivity index is 1.70. The lowest BCUT2D eigenvalue weighted by Crippen LogP contribution is -2.40. The Hall–Kier alpha value is -0.170. The summed E-state index contributed by atoms with van der Waals surface area (Å²) in [4.78, 5) is 0. The van der Waals surface area contributed by atoms with Crippen molar-refractivity contribution in [1.29, 1.82) is 0 Å². The molecule has 0 aromatic rings. The first-order valence-corrected chi connectivity index (χ1v) is 10.0. The molecule has 2 saturated heterocycles. The van der Waals surface area contributed by atoms with Crippen LogP contribution in [0.1, 0.15) is 51.4 Å². The normalized spacial score (nSPS) is 30.2. The molecule has 3 unspecified atom stereocenters. The molecule has 0 amide bonds. The van der Waals surface area contributed by atoms with Gasteiger partial charge in [-0.15, -0.1) is 0 Å². The summed E-state index contributed by atoms with van der Waals surface area (Å²) in [7, 11) is -3.09. The fourth-order valence-electron chi connectivity index (χ4n) is 3.44. The highest BCUT2D eigenvalue weighted by Crippen LogP contribution is 2.25. The fourth-order valence-corrected chi connectivity index (χ4v) is 4.38. The molecule has 21 heavy (non-hydrogen) atoms. The van der Waals surface area contributed by atoms with E-state index in [-0.39, 0.29) is 12.0 Å². The predicted octanol–water partition coefficient (Wildman–Crippen LogP) is 1.76. The van der Waals surface area contributed by atoms with Crippen molar-refractivity contribution in [2.24, 2.45) is 5.92 Å². The highest BCUT2D eigenvalue weighted by molar-refractivity contribution is 7.88. The highest BCUT2D eigenvalue weighted by Gasteiger charge is 2.27. The lowest BCUT2D eigenvalue weighted by Gasteiger charge is -2.32. The summed E-state index contributed by atoms with van der Waals surface area (Å²) in [5, 5.41) is 10.2. The van der Waals surface area contributed by atoms with Crippen LogP contribution in [-0.2, 0) is 14.8 Å². The van der Waals surface area contributed by atoms with Gasteiger partial charge in [0.15, 0.2) is 0 Å². The first-order valence-electron chi connectivity index (χ1n) is 8.20. The molecule has 6 heteroatoms. The Labute approximate surface area is 128 Å². The first kappa shape index (κ1) is 17.2. The standard InChI is InChI=1S/C15H29NO4S/c1-21(18,19)16-9-4-5-13(12-16)11-14(17)7-8-15-6-2-3-10-20-15/h13-15,17H,2-12H2,1H3. The second-order valence-corrected chi connectivity index (χ2v) is 8.57. The monoisotopic (exact) mass is 319 g/mol. The van der Waals surface area contributed by atoms with Crippen molar-refractivity contribution in [3.05, 3.63) is 0 Å². The van der Waals surface area contributed by atoms with E-state index in [9.17, 15) is 13.5 Å². The molecule has 0 bridgehead atoms. The molecule has 2 aliphatic heterocycles. The van der Waals surface area contributed by atoms with Gasteiger partial charge >= 0.3 is 0 Å². The summed E-state index contributed by atoms with van der Waals surface area (Å²) >= 11 is 0. The van der Waals surface area contributed by atoms with Crippen LogP contribution in [0, 0.1) is 5.92 Å². The Morgan fingerprint density at radius 2 is 2.10 bits per heavy atom. The van der Waals surface area contributed by atoms with E-state index in [2.05, 4.69) is 0 Å². The molecule has 5 nitrogen and oxygen atoms in total. The van der Waals surface area contributed by atoms with E-state index >= 15 is 0 Å². The van der Waals surface area contributed by atoms with Gasteiger partial charge < -0.3 is 9.84 Å². The third-order valence-electron chi connectivity index (χ3n) is 4.65. The quantitative estimate of drug-likeness (QED) is 0.810. The van der Waals surface area contributed by atoms with Crippen molar-refractivity contribution < 1.29 is 18.3 Å². The molecule has 0 saturated carbocycles. The average molecular weight is 319 g/mol. The van der Waals surface area contributed by atoms with Gasteiger partial charge in [0.1, 0.15) is 0 Å². The second-order valence-electron chi connectivity index (χ2n) is 6.58. The van der Waals surface area contributed by atoms with Gasteiger partial charge in [0, 0.05) is 19.7 Å². The highest BCUT2D eigenvalue weighted by atomic mass is 32.2. The van der Waals surface area contributed by atoms with Gasteiger partial charge in [-0.3, -0.25) is 0 Å². The minimum atomic E-state index is -3.09. The molecule has 0 radical (unpaired) electrons. The van der Waals surface area contributed by atoms with Crippen LogP contribution in [0.2, 0.25) is 0 Å². The van der Waals surface area contributed by atoms with Gasteiger partial charge in [-0.2, -0.15) is 0 Å². The van der Waals surface area contributed by atoms with Crippen molar-refractivity contribution in [2.75, 3.05) is 26.0 Å². The lowest BCUT2D eigenvalue weighted by atomic mass is 9.91. The third-order valence-corrected chi connectivity index (χ3v) is 5.92. The van der Waals surface area contributed by atoms with Gasteiger partial charge in [-0.05, 0) is 57.3 Å². The van der Waals surface area contributed by atoms with Crippen LogP contribution in [0.4, 0.5) is 0 Å². The average Bonchev–Trinajstić information content (AvgIpc) is 2.46. The minimum Gasteiger partial charge on any atom is -0.393 e. The first-order chi connectivity index (χ1) is 9.95. The number of nitrogens with zero attached hydrogens (tertiary/aromatic N) is 1. The van der Waals surface area contributed by atoms with E-state index in [0.29, 0.717) is 25.6 Å². The van der Waals surface area contributed by atoms with Crippen LogP contribution in [0.25, 0.3) is 0 Å². The van der Waals surface area contributed by atoms with Crippen LogP contribution >= 0.6 is 0 Å². The van der Waals surface area contributed by atoms with Crippen molar-refractivity contribution in [3.63, 3.8) is 0 Å². The molecule has 2 rings (SSSR count). The van der Waals surface area contributed by atoms with Crippen molar-refractivity contribution in [2.45, 2.75) is 63.6 Å². The van der Waals surface area contributed by atoms with Crippen LogP contribution in [0.3, 0.4) is 0 Å². The minimum absolute atomic E-state index is 0.288. The molecule has 3 atom stereocenters. The van der Waals surface area contributed by atoms with Gasteiger partial charge in [0.25, 0.3) is 0 Å². The van der Waals surface area contributed by atoms with Crippen LogP contribution in [0.15, 0.2) is 0 Å². The summed E-state index contributed by atoms with van der Waals surface area (Å²) in [5.74, 6) is 0.288. The molecule has 0 spiro atoms. The van der Waals surface area contributed by atoms with Gasteiger partial charge in [0.2, 0.25) is 10.0 Å². The van der Waals surface area contributed by atoms with E-state index < -0.39 is 10.0 Å². The Kier molecular flexibility index (Phi) is 6.47. The zero-order chi connectivity index (χ0) is 15.3. The van der Waals surface area contributed by atoms with Crippen LogP contribution < -0.4 is 0 Å². The van der Waals surface area contributed by atoms with Crippen molar-refractivity contribution in [3.8, 4) is 0 Å². The SMILES string of the molecule is CS(=O)(=O)N1CCCC(CC(O)CCC2CCCCO2)C1.